The molecule has 0 aliphatic heterocycles. The van der Waals surface area contributed by atoms with Crippen LogP contribution in [-0.4, -0.2) is 15.8 Å². The highest BCUT2D eigenvalue weighted by molar-refractivity contribution is 5.24. The topological polar surface area (TPSA) is 29.9 Å². The minimum Gasteiger partial charge on any atom is -0.310 e. The predicted octanol–water partition coefficient (Wildman–Crippen LogP) is 2.94. The van der Waals surface area contributed by atoms with Crippen molar-refractivity contribution in [1.82, 2.24) is 15.1 Å². The number of hydrogen-bond acceptors (Lipinski definition) is 2. The Kier molecular flexibility index (Phi) is 4.21. The fourth-order valence-corrected chi connectivity index (χ4v) is 2.25. The second-order valence-corrected chi connectivity index (χ2v) is 5.23. The van der Waals surface area contributed by atoms with Gasteiger partial charge in [0.15, 0.2) is 0 Å². The second kappa shape index (κ2) is 5.67. The summed E-state index contributed by atoms with van der Waals surface area (Å²) in [6.07, 6.45) is 6.52. The van der Waals surface area contributed by atoms with Gasteiger partial charge in [-0.05, 0) is 33.1 Å². The third-order valence-electron chi connectivity index (χ3n) is 3.65. The van der Waals surface area contributed by atoms with Crippen LogP contribution in [-0.2, 0) is 13.1 Å². The number of nitrogens with one attached hydrogen (secondary N) is 1. The molecule has 0 spiro atoms. The van der Waals surface area contributed by atoms with Gasteiger partial charge in [-0.1, -0.05) is 19.8 Å². The quantitative estimate of drug-likeness (QED) is 0.736. The van der Waals surface area contributed by atoms with Gasteiger partial charge in [-0.15, -0.1) is 0 Å². The van der Waals surface area contributed by atoms with Crippen molar-refractivity contribution >= 4 is 0 Å². The first-order chi connectivity index (χ1) is 8.22. The van der Waals surface area contributed by atoms with E-state index in [1.165, 1.54) is 49.1 Å². The molecule has 96 valence electrons. The van der Waals surface area contributed by atoms with Gasteiger partial charge in [0.2, 0.25) is 0 Å². The molecule has 3 nitrogen and oxygen atoms in total. The Labute approximate surface area is 105 Å². The average molecular weight is 235 g/mol. The lowest BCUT2D eigenvalue weighted by Gasteiger charge is -2.05. The van der Waals surface area contributed by atoms with E-state index in [0.29, 0.717) is 0 Å². The van der Waals surface area contributed by atoms with Crippen LogP contribution >= 0.6 is 0 Å². The first-order valence-corrected chi connectivity index (χ1v) is 6.98. The highest BCUT2D eigenvalue weighted by atomic mass is 15.3. The molecule has 2 rings (SSSR count). The molecule has 0 atom stereocenters. The molecule has 1 fully saturated rings. The summed E-state index contributed by atoms with van der Waals surface area (Å²) in [6.45, 7) is 8.65. The van der Waals surface area contributed by atoms with Gasteiger partial charge in [0.05, 0.1) is 5.69 Å². The van der Waals surface area contributed by atoms with Crippen molar-refractivity contribution in [3.05, 3.63) is 17.0 Å². The van der Waals surface area contributed by atoms with Crippen LogP contribution in [0.4, 0.5) is 0 Å². The summed E-state index contributed by atoms with van der Waals surface area (Å²) in [5, 5.41) is 8.24. The Morgan fingerprint density at radius 3 is 2.71 bits per heavy atom. The van der Waals surface area contributed by atoms with E-state index in [4.69, 9.17) is 0 Å². The second-order valence-electron chi connectivity index (χ2n) is 5.23. The third-order valence-corrected chi connectivity index (χ3v) is 3.65. The largest absolute Gasteiger partial charge is 0.310 e. The van der Waals surface area contributed by atoms with Crippen molar-refractivity contribution in [3.8, 4) is 0 Å². The molecule has 1 saturated carbocycles. The van der Waals surface area contributed by atoms with Crippen molar-refractivity contribution in [2.24, 2.45) is 0 Å². The van der Waals surface area contributed by atoms with E-state index in [-0.39, 0.29) is 0 Å². The van der Waals surface area contributed by atoms with Crippen LogP contribution < -0.4 is 5.32 Å². The smallest absolute Gasteiger partial charge is 0.0641 e. The van der Waals surface area contributed by atoms with Crippen LogP contribution in [0.1, 0.15) is 56.0 Å². The van der Waals surface area contributed by atoms with Gasteiger partial charge in [0.25, 0.3) is 0 Å². The highest BCUT2D eigenvalue weighted by Gasteiger charge is 2.21. The summed E-state index contributed by atoms with van der Waals surface area (Å²) in [7, 11) is 0. The molecule has 17 heavy (non-hydrogen) atoms. The zero-order valence-electron chi connectivity index (χ0n) is 11.4. The van der Waals surface area contributed by atoms with Crippen LogP contribution in [0, 0.1) is 13.8 Å². The Morgan fingerprint density at radius 2 is 2.06 bits per heavy atom. The fraction of sp³-hybridized carbons (Fsp3) is 0.786. The SMILES string of the molecule is CCCCCn1nc(C)c(CNC2CC2)c1C. The number of hydrogen-bond donors (Lipinski definition) is 1. The zero-order valence-corrected chi connectivity index (χ0v) is 11.4. The van der Waals surface area contributed by atoms with Crippen LogP contribution in [0.15, 0.2) is 0 Å². The molecule has 1 N–H and O–H groups in total. The van der Waals surface area contributed by atoms with Gasteiger partial charge in [0, 0.05) is 30.4 Å². The first kappa shape index (κ1) is 12.6. The Morgan fingerprint density at radius 1 is 1.29 bits per heavy atom. The number of nitrogens with zero attached hydrogens (tertiary/aromatic N) is 2. The van der Waals surface area contributed by atoms with Gasteiger partial charge in [-0.3, -0.25) is 4.68 Å². The van der Waals surface area contributed by atoms with Crippen molar-refractivity contribution < 1.29 is 0 Å². The van der Waals surface area contributed by atoms with Gasteiger partial charge in [-0.25, -0.2) is 0 Å². The minimum absolute atomic E-state index is 0.775. The molecule has 1 aromatic heterocycles. The van der Waals surface area contributed by atoms with Crippen LogP contribution in [0.5, 0.6) is 0 Å². The Balaban J connectivity index is 1.94. The van der Waals surface area contributed by atoms with Crippen LogP contribution in [0.3, 0.4) is 0 Å². The molecule has 1 aliphatic rings. The number of rotatable bonds is 7. The maximum atomic E-state index is 4.66. The van der Waals surface area contributed by atoms with E-state index >= 15 is 0 Å². The summed E-state index contributed by atoms with van der Waals surface area (Å²) < 4.78 is 2.19. The standard InChI is InChI=1S/C14H25N3/c1-4-5-6-9-17-12(3)14(11(2)16-17)10-15-13-7-8-13/h13,15H,4-10H2,1-3H3. The average Bonchev–Trinajstić information content (AvgIpc) is 3.08. The van der Waals surface area contributed by atoms with E-state index in [1.807, 2.05) is 0 Å². The molecular weight excluding hydrogens is 210 g/mol. The maximum absolute atomic E-state index is 4.66. The molecule has 0 radical (unpaired) electrons. The fourth-order valence-electron chi connectivity index (χ4n) is 2.25. The lowest BCUT2D eigenvalue weighted by molar-refractivity contribution is 0.538. The molecule has 1 aromatic rings. The summed E-state index contributed by atoms with van der Waals surface area (Å²) in [5.41, 5.74) is 3.97. The Bertz CT molecular complexity index is 364. The van der Waals surface area contributed by atoms with Crippen molar-refractivity contribution in [1.29, 1.82) is 0 Å². The van der Waals surface area contributed by atoms with Crippen LogP contribution in [0.25, 0.3) is 0 Å². The molecule has 1 aliphatic carbocycles. The number of aromatic nitrogens is 2. The predicted molar refractivity (Wildman–Crippen MR) is 71.1 cm³/mol. The number of unbranched alkanes of at least 4 members (excludes halogenated alkanes) is 2. The molecule has 1 heterocycles. The summed E-state index contributed by atoms with van der Waals surface area (Å²) in [6, 6.07) is 0.775. The molecule has 3 heteroatoms. The molecule has 0 amide bonds. The van der Waals surface area contributed by atoms with Gasteiger partial charge in [-0.2, -0.15) is 5.10 Å². The van der Waals surface area contributed by atoms with E-state index < -0.39 is 0 Å². The molecule has 0 saturated heterocycles. The Hall–Kier alpha value is -0.830. The van der Waals surface area contributed by atoms with Crippen LogP contribution in [0.2, 0.25) is 0 Å². The third kappa shape index (κ3) is 3.32. The van der Waals surface area contributed by atoms with Gasteiger partial charge < -0.3 is 5.32 Å². The molecule has 0 aromatic carbocycles. The summed E-state index contributed by atoms with van der Waals surface area (Å²) >= 11 is 0. The monoisotopic (exact) mass is 235 g/mol. The van der Waals surface area contributed by atoms with Crippen molar-refractivity contribution in [2.45, 2.75) is 72.0 Å². The minimum atomic E-state index is 0.775. The maximum Gasteiger partial charge on any atom is 0.0641 e. The summed E-state index contributed by atoms with van der Waals surface area (Å²) in [4.78, 5) is 0. The van der Waals surface area contributed by atoms with E-state index in [1.54, 1.807) is 0 Å². The van der Waals surface area contributed by atoms with Gasteiger partial charge in [0.1, 0.15) is 0 Å². The zero-order chi connectivity index (χ0) is 12.3. The highest BCUT2D eigenvalue weighted by Crippen LogP contribution is 2.21. The number of aryl methyl sites for hydroxylation is 2. The van der Waals surface area contributed by atoms with E-state index in [0.717, 1.165) is 19.1 Å². The van der Waals surface area contributed by atoms with E-state index in [2.05, 4.69) is 35.9 Å². The normalized spacial score (nSPS) is 15.5. The van der Waals surface area contributed by atoms with E-state index in [9.17, 15) is 0 Å². The van der Waals surface area contributed by atoms with Crippen molar-refractivity contribution in [3.63, 3.8) is 0 Å². The lowest BCUT2D eigenvalue weighted by Crippen LogP contribution is -2.16. The molecule has 0 bridgehead atoms. The lowest BCUT2D eigenvalue weighted by atomic mass is 10.2. The first-order valence-electron chi connectivity index (χ1n) is 6.98. The van der Waals surface area contributed by atoms with Gasteiger partial charge >= 0.3 is 0 Å². The molecule has 0 unspecified atom stereocenters. The molecular formula is C14H25N3. The summed E-state index contributed by atoms with van der Waals surface area (Å²) in [5.74, 6) is 0. The van der Waals surface area contributed by atoms with Crippen molar-refractivity contribution in [2.75, 3.05) is 0 Å².